The molecule has 3 rings (SSSR count). The molecular weight excluding hydrogens is 218 g/mol. The summed E-state index contributed by atoms with van der Waals surface area (Å²) >= 11 is 0. The summed E-state index contributed by atoms with van der Waals surface area (Å²) in [5.41, 5.74) is 3.98. The van der Waals surface area contributed by atoms with Crippen molar-refractivity contribution in [1.82, 2.24) is 4.57 Å². The van der Waals surface area contributed by atoms with Crippen LogP contribution >= 0.6 is 0 Å². The van der Waals surface area contributed by atoms with Gasteiger partial charge in [-0.25, -0.2) is 0 Å². The smallest absolute Gasteiger partial charge is 0.0494 e. The Morgan fingerprint density at radius 3 is 2.61 bits per heavy atom. The highest BCUT2D eigenvalue weighted by Gasteiger charge is 2.09. The summed E-state index contributed by atoms with van der Waals surface area (Å²) in [4.78, 5) is 0. The van der Waals surface area contributed by atoms with Gasteiger partial charge in [-0.3, -0.25) is 0 Å². The number of rotatable bonds is 3. The molecule has 0 aliphatic heterocycles. The molecule has 1 aromatic heterocycles. The molecule has 0 amide bonds. The molecule has 0 saturated heterocycles. The first kappa shape index (κ1) is 11.1. The van der Waals surface area contributed by atoms with Crippen molar-refractivity contribution < 1.29 is 0 Å². The van der Waals surface area contributed by atoms with Gasteiger partial charge in [-0.1, -0.05) is 37.3 Å². The zero-order chi connectivity index (χ0) is 12.5. The van der Waals surface area contributed by atoms with E-state index in [9.17, 15) is 0 Å². The molecule has 0 aliphatic rings. The fourth-order valence-corrected chi connectivity index (χ4v) is 2.65. The lowest BCUT2D eigenvalue weighted by Crippen LogP contribution is -1.93. The highest BCUT2D eigenvalue weighted by molar-refractivity contribution is 6.08. The van der Waals surface area contributed by atoms with Crippen LogP contribution in [-0.2, 0) is 13.0 Å². The SMILES string of the molecule is C=CCn1c2ccccc2c2cc(CC)ccc21. The Balaban J connectivity index is 2.45. The van der Waals surface area contributed by atoms with E-state index in [1.807, 2.05) is 6.08 Å². The highest BCUT2D eigenvalue weighted by Crippen LogP contribution is 2.29. The average Bonchev–Trinajstić information content (AvgIpc) is 2.74. The zero-order valence-corrected chi connectivity index (χ0v) is 10.7. The quantitative estimate of drug-likeness (QED) is 0.587. The van der Waals surface area contributed by atoms with Gasteiger partial charge in [-0.15, -0.1) is 6.58 Å². The Labute approximate surface area is 107 Å². The molecule has 0 saturated carbocycles. The van der Waals surface area contributed by atoms with Gasteiger partial charge in [0.2, 0.25) is 0 Å². The minimum absolute atomic E-state index is 0.857. The van der Waals surface area contributed by atoms with Gasteiger partial charge in [0.15, 0.2) is 0 Å². The third-order valence-electron chi connectivity index (χ3n) is 3.56. The third-order valence-corrected chi connectivity index (χ3v) is 3.56. The predicted octanol–water partition coefficient (Wildman–Crippen LogP) is 4.54. The molecule has 0 radical (unpaired) electrons. The van der Waals surface area contributed by atoms with Crippen LogP contribution in [0.3, 0.4) is 0 Å². The van der Waals surface area contributed by atoms with E-state index in [1.54, 1.807) is 0 Å². The summed E-state index contributed by atoms with van der Waals surface area (Å²) in [6.45, 7) is 6.92. The van der Waals surface area contributed by atoms with Crippen LogP contribution in [0.1, 0.15) is 12.5 Å². The maximum atomic E-state index is 3.86. The first-order chi connectivity index (χ1) is 8.85. The molecule has 1 heterocycles. The van der Waals surface area contributed by atoms with E-state index in [0.29, 0.717) is 0 Å². The van der Waals surface area contributed by atoms with E-state index in [4.69, 9.17) is 0 Å². The summed E-state index contributed by atoms with van der Waals surface area (Å²) in [7, 11) is 0. The van der Waals surface area contributed by atoms with Crippen LogP contribution in [0, 0.1) is 0 Å². The van der Waals surface area contributed by atoms with Crippen LogP contribution in [0.15, 0.2) is 55.1 Å². The molecule has 90 valence electrons. The van der Waals surface area contributed by atoms with Crippen molar-refractivity contribution in [1.29, 1.82) is 0 Å². The second-order valence-corrected chi connectivity index (χ2v) is 4.62. The Morgan fingerprint density at radius 2 is 1.83 bits per heavy atom. The van der Waals surface area contributed by atoms with E-state index in [0.717, 1.165) is 13.0 Å². The van der Waals surface area contributed by atoms with Crippen molar-refractivity contribution in [2.24, 2.45) is 0 Å². The number of benzene rings is 2. The Morgan fingerprint density at radius 1 is 1.06 bits per heavy atom. The molecule has 2 aromatic carbocycles. The van der Waals surface area contributed by atoms with Gasteiger partial charge in [0.05, 0.1) is 0 Å². The van der Waals surface area contributed by atoms with Crippen molar-refractivity contribution in [3.63, 3.8) is 0 Å². The van der Waals surface area contributed by atoms with Crippen LogP contribution < -0.4 is 0 Å². The number of para-hydroxylation sites is 1. The lowest BCUT2D eigenvalue weighted by molar-refractivity contribution is 0.901. The van der Waals surface area contributed by atoms with Gasteiger partial charge in [0.1, 0.15) is 0 Å². The molecule has 1 heteroatoms. The fraction of sp³-hybridized carbons (Fsp3) is 0.176. The molecule has 0 N–H and O–H groups in total. The van der Waals surface area contributed by atoms with Gasteiger partial charge in [0, 0.05) is 28.4 Å². The zero-order valence-electron chi connectivity index (χ0n) is 10.7. The van der Waals surface area contributed by atoms with Crippen LogP contribution in [0.4, 0.5) is 0 Å². The molecule has 0 fully saturated rings. The molecule has 0 unspecified atom stereocenters. The van der Waals surface area contributed by atoms with Crippen molar-refractivity contribution in [2.45, 2.75) is 19.9 Å². The highest BCUT2D eigenvalue weighted by atomic mass is 15.0. The van der Waals surface area contributed by atoms with E-state index in [2.05, 4.69) is 60.5 Å². The van der Waals surface area contributed by atoms with E-state index < -0.39 is 0 Å². The minimum atomic E-state index is 0.857. The topological polar surface area (TPSA) is 4.93 Å². The largest absolute Gasteiger partial charge is 0.337 e. The van der Waals surface area contributed by atoms with Gasteiger partial charge in [-0.2, -0.15) is 0 Å². The summed E-state index contributed by atoms with van der Waals surface area (Å²) in [6, 6.07) is 15.4. The van der Waals surface area contributed by atoms with Gasteiger partial charge >= 0.3 is 0 Å². The third kappa shape index (κ3) is 1.55. The number of hydrogen-bond donors (Lipinski definition) is 0. The monoisotopic (exact) mass is 235 g/mol. The van der Waals surface area contributed by atoms with Crippen molar-refractivity contribution in [3.8, 4) is 0 Å². The summed E-state index contributed by atoms with van der Waals surface area (Å²) in [5, 5.41) is 2.69. The first-order valence-electron chi connectivity index (χ1n) is 6.46. The maximum Gasteiger partial charge on any atom is 0.0494 e. The van der Waals surface area contributed by atoms with E-state index >= 15 is 0 Å². The summed E-state index contributed by atoms with van der Waals surface area (Å²) < 4.78 is 2.33. The molecule has 0 bridgehead atoms. The van der Waals surface area contributed by atoms with Crippen molar-refractivity contribution in [2.75, 3.05) is 0 Å². The average molecular weight is 235 g/mol. The van der Waals surface area contributed by atoms with Crippen LogP contribution in [0.25, 0.3) is 21.8 Å². The number of aryl methyl sites for hydroxylation is 1. The van der Waals surface area contributed by atoms with E-state index in [-0.39, 0.29) is 0 Å². The number of nitrogens with zero attached hydrogens (tertiary/aromatic N) is 1. The summed E-state index contributed by atoms with van der Waals surface area (Å²) in [6.07, 6.45) is 3.04. The normalized spacial score (nSPS) is 11.2. The fourth-order valence-electron chi connectivity index (χ4n) is 2.65. The lowest BCUT2D eigenvalue weighted by Gasteiger charge is -2.03. The van der Waals surface area contributed by atoms with Gasteiger partial charge in [-0.05, 0) is 30.2 Å². The second-order valence-electron chi connectivity index (χ2n) is 4.62. The Hall–Kier alpha value is -2.02. The Bertz CT molecular complexity index is 719. The van der Waals surface area contributed by atoms with E-state index in [1.165, 1.54) is 27.4 Å². The molecule has 3 aromatic rings. The predicted molar refractivity (Wildman–Crippen MR) is 79.0 cm³/mol. The van der Waals surface area contributed by atoms with Crippen molar-refractivity contribution in [3.05, 3.63) is 60.7 Å². The standard InChI is InChI=1S/C17H17N/c1-3-11-18-16-8-6-5-7-14(16)15-12-13(4-2)9-10-17(15)18/h3,5-10,12H,1,4,11H2,2H3. The lowest BCUT2D eigenvalue weighted by atomic mass is 10.1. The minimum Gasteiger partial charge on any atom is -0.337 e. The van der Waals surface area contributed by atoms with Crippen LogP contribution in [0.2, 0.25) is 0 Å². The number of hydrogen-bond acceptors (Lipinski definition) is 0. The van der Waals surface area contributed by atoms with Gasteiger partial charge < -0.3 is 4.57 Å². The maximum absolute atomic E-state index is 3.86. The van der Waals surface area contributed by atoms with Crippen molar-refractivity contribution >= 4 is 21.8 Å². The number of allylic oxidation sites excluding steroid dienone is 1. The molecule has 18 heavy (non-hydrogen) atoms. The molecule has 0 spiro atoms. The first-order valence-corrected chi connectivity index (χ1v) is 6.46. The molecular formula is C17H17N. The number of aromatic nitrogens is 1. The molecule has 1 nitrogen and oxygen atoms in total. The van der Waals surface area contributed by atoms with Gasteiger partial charge in [0.25, 0.3) is 0 Å². The van der Waals surface area contributed by atoms with Crippen LogP contribution in [0.5, 0.6) is 0 Å². The van der Waals surface area contributed by atoms with Crippen LogP contribution in [-0.4, -0.2) is 4.57 Å². The summed E-state index contributed by atoms with van der Waals surface area (Å²) in [5.74, 6) is 0. The number of fused-ring (bicyclic) bond motifs is 3. The molecule has 0 atom stereocenters. The molecule has 0 aliphatic carbocycles. The second kappa shape index (κ2) is 4.34. The Kier molecular flexibility index (Phi) is 2.67.